The summed E-state index contributed by atoms with van der Waals surface area (Å²) in [5.74, 6) is 0.937. The SMILES string of the molecule is CSc1ccc(CN2C(=O)N[C@](C)(c3ccc4c(c3)OCO4)C2=O)cc1. The Balaban J connectivity index is 1.59. The molecule has 1 saturated heterocycles. The molecule has 134 valence electrons. The standard InChI is InChI=1S/C19H18N2O4S/c1-19(13-5-8-15-16(9-13)25-11-24-15)17(22)21(18(23)20-19)10-12-3-6-14(26-2)7-4-12/h3-9H,10-11H2,1-2H3,(H,20,23)/t19-/m1/s1. The van der Waals surface area contributed by atoms with E-state index in [2.05, 4.69) is 5.32 Å². The Labute approximate surface area is 155 Å². The minimum Gasteiger partial charge on any atom is -0.454 e. The number of urea groups is 1. The van der Waals surface area contributed by atoms with Crippen LogP contribution in [0.15, 0.2) is 47.4 Å². The molecule has 2 aliphatic rings. The summed E-state index contributed by atoms with van der Waals surface area (Å²) in [6.45, 7) is 2.11. The quantitative estimate of drug-likeness (QED) is 0.662. The Bertz CT molecular complexity index is 884. The van der Waals surface area contributed by atoms with Crippen LogP contribution in [-0.4, -0.2) is 29.9 Å². The van der Waals surface area contributed by atoms with Crippen molar-refractivity contribution in [1.29, 1.82) is 0 Å². The van der Waals surface area contributed by atoms with Gasteiger partial charge in [0.2, 0.25) is 6.79 Å². The van der Waals surface area contributed by atoms with Gasteiger partial charge in [-0.2, -0.15) is 0 Å². The third-order valence-electron chi connectivity index (χ3n) is 4.72. The Morgan fingerprint density at radius 2 is 1.85 bits per heavy atom. The zero-order valence-electron chi connectivity index (χ0n) is 14.4. The molecule has 0 bridgehead atoms. The highest BCUT2D eigenvalue weighted by molar-refractivity contribution is 7.98. The number of fused-ring (bicyclic) bond motifs is 1. The number of carbonyl (C=O) groups is 2. The number of thioether (sulfide) groups is 1. The van der Waals surface area contributed by atoms with Crippen LogP contribution >= 0.6 is 11.8 Å². The van der Waals surface area contributed by atoms with Gasteiger partial charge < -0.3 is 14.8 Å². The number of rotatable bonds is 4. The summed E-state index contributed by atoms with van der Waals surface area (Å²) >= 11 is 1.65. The van der Waals surface area contributed by atoms with Crippen molar-refractivity contribution < 1.29 is 19.1 Å². The number of nitrogens with one attached hydrogen (secondary N) is 1. The summed E-state index contributed by atoms with van der Waals surface area (Å²) in [6, 6.07) is 12.7. The molecule has 0 spiro atoms. The normalized spacial score (nSPS) is 21.2. The van der Waals surface area contributed by atoms with Gasteiger partial charge in [0.15, 0.2) is 11.5 Å². The molecule has 7 heteroatoms. The molecule has 3 amide bonds. The molecule has 2 heterocycles. The fraction of sp³-hybridized carbons (Fsp3) is 0.263. The third kappa shape index (κ3) is 2.68. The van der Waals surface area contributed by atoms with Crippen LogP contribution in [0.2, 0.25) is 0 Å². The van der Waals surface area contributed by atoms with E-state index in [4.69, 9.17) is 9.47 Å². The van der Waals surface area contributed by atoms with Crippen molar-refractivity contribution in [3.8, 4) is 11.5 Å². The Hall–Kier alpha value is -2.67. The van der Waals surface area contributed by atoms with E-state index in [-0.39, 0.29) is 19.2 Å². The van der Waals surface area contributed by atoms with Gasteiger partial charge in [0.05, 0.1) is 6.54 Å². The molecule has 26 heavy (non-hydrogen) atoms. The van der Waals surface area contributed by atoms with E-state index in [0.29, 0.717) is 17.1 Å². The number of benzene rings is 2. The predicted molar refractivity (Wildman–Crippen MR) is 97.2 cm³/mol. The average Bonchev–Trinajstić information content (AvgIpc) is 3.21. The molecule has 1 N–H and O–H groups in total. The van der Waals surface area contributed by atoms with E-state index in [1.807, 2.05) is 30.5 Å². The first-order chi connectivity index (χ1) is 12.5. The van der Waals surface area contributed by atoms with Crippen molar-refractivity contribution in [2.75, 3.05) is 13.0 Å². The van der Waals surface area contributed by atoms with Crippen molar-refractivity contribution in [3.05, 3.63) is 53.6 Å². The summed E-state index contributed by atoms with van der Waals surface area (Å²) in [4.78, 5) is 27.9. The van der Waals surface area contributed by atoms with E-state index in [0.717, 1.165) is 10.5 Å². The number of amides is 3. The summed E-state index contributed by atoms with van der Waals surface area (Å²) in [5, 5.41) is 2.82. The molecule has 1 atom stereocenters. The lowest BCUT2D eigenvalue weighted by Gasteiger charge is -2.22. The van der Waals surface area contributed by atoms with Gasteiger partial charge in [-0.25, -0.2) is 4.79 Å². The molecule has 6 nitrogen and oxygen atoms in total. The number of hydrogen-bond donors (Lipinski definition) is 1. The molecule has 1 fully saturated rings. The van der Waals surface area contributed by atoms with E-state index >= 15 is 0 Å². The van der Waals surface area contributed by atoms with E-state index in [1.165, 1.54) is 4.90 Å². The highest BCUT2D eigenvalue weighted by atomic mass is 32.2. The first-order valence-electron chi connectivity index (χ1n) is 8.18. The second kappa shape index (κ2) is 6.25. The van der Waals surface area contributed by atoms with Gasteiger partial charge in [-0.3, -0.25) is 9.69 Å². The molecule has 2 aromatic rings. The zero-order valence-corrected chi connectivity index (χ0v) is 15.3. The second-order valence-corrected chi connectivity index (χ2v) is 7.24. The predicted octanol–water partition coefficient (Wildman–Crippen LogP) is 3.10. The molecule has 2 aromatic carbocycles. The van der Waals surface area contributed by atoms with Crippen molar-refractivity contribution in [2.24, 2.45) is 0 Å². The van der Waals surface area contributed by atoms with Gasteiger partial charge in [0.25, 0.3) is 5.91 Å². The maximum absolute atomic E-state index is 13.0. The van der Waals surface area contributed by atoms with Crippen LogP contribution in [-0.2, 0) is 16.9 Å². The van der Waals surface area contributed by atoms with Crippen LogP contribution in [0.4, 0.5) is 4.79 Å². The highest BCUT2D eigenvalue weighted by Gasteiger charge is 2.49. The van der Waals surface area contributed by atoms with Crippen LogP contribution in [0.5, 0.6) is 11.5 Å². The van der Waals surface area contributed by atoms with Gasteiger partial charge >= 0.3 is 6.03 Å². The van der Waals surface area contributed by atoms with E-state index < -0.39 is 11.6 Å². The molecule has 0 radical (unpaired) electrons. The molecule has 0 unspecified atom stereocenters. The minimum absolute atomic E-state index is 0.161. The molecule has 0 saturated carbocycles. The summed E-state index contributed by atoms with van der Waals surface area (Å²) < 4.78 is 10.7. The van der Waals surface area contributed by atoms with Gasteiger partial charge in [0.1, 0.15) is 5.54 Å². The Kier molecular flexibility index (Phi) is 4.03. The summed E-state index contributed by atoms with van der Waals surface area (Å²) in [6.07, 6.45) is 2.00. The van der Waals surface area contributed by atoms with Crippen LogP contribution < -0.4 is 14.8 Å². The van der Waals surface area contributed by atoms with Crippen LogP contribution in [0.25, 0.3) is 0 Å². The molecule has 0 aliphatic carbocycles. The van der Waals surface area contributed by atoms with Crippen molar-refractivity contribution >= 4 is 23.7 Å². The van der Waals surface area contributed by atoms with E-state index in [9.17, 15) is 9.59 Å². The number of ether oxygens (including phenoxy) is 2. The lowest BCUT2D eigenvalue weighted by molar-refractivity contribution is -0.131. The molecular formula is C19H18N2O4S. The van der Waals surface area contributed by atoms with Crippen molar-refractivity contribution in [2.45, 2.75) is 23.9 Å². The zero-order chi connectivity index (χ0) is 18.3. The molecule has 0 aromatic heterocycles. The maximum atomic E-state index is 13.0. The van der Waals surface area contributed by atoms with Crippen molar-refractivity contribution in [1.82, 2.24) is 10.2 Å². The fourth-order valence-corrected chi connectivity index (χ4v) is 3.57. The number of nitrogens with zero attached hydrogens (tertiary/aromatic N) is 1. The third-order valence-corrected chi connectivity index (χ3v) is 5.47. The fourth-order valence-electron chi connectivity index (χ4n) is 3.16. The van der Waals surface area contributed by atoms with Gasteiger partial charge in [-0.1, -0.05) is 18.2 Å². The first-order valence-corrected chi connectivity index (χ1v) is 9.41. The second-order valence-electron chi connectivity index (χ2n) is 6.36. The van der Waals surface area contributed by atoms with Gasteiger partial charge in [-0.15, -0.1) is 11.8 Å². The minimum atomic E-state index is -1.13. The average molecular weight is 370 g/mol. The van der Waals surface area contributed by atoms with Crippen LogP contribution in [0.1, 0.15) is 18.1 Å². The van der Waals surface area contributed by atoms with Crippen LogP contribution in [0, 0.1) is 0 Å². The van der Waals surface area contributed by atoms with E-state index in [1.54, 1.807) is 36.9 Å². The maximum Gasteiger partial charge on any atom is 0.325 e. The monoisotopic (exact) mass is 370 g/mol. The molecule has 2 aliphatic heterocycles. The molecular weight excluding hydrogens is 352 g/mol. The smallest absolute Gasteiger partial charge is 0.325 e. The van der Waals surface area contributed by atoms with Crippen molar-refractivity contribution in [3.63, 3.8) is 0 Å². The number of imide groups is 1. The molecule has 4 rings (SSSR count). The number of hydrogen-bond acceptors (Lipinski definition) is 5. The van der Waals surface area contributed by atoms with Gasteiger partial charge in [0, 0.05) is 4.90 Å². The Morgan fingerprint density at radius 1 is 1.12 bits per heavy atom. The topological polar surface area (TPSA) is 67.9 Å². The Morgan fingerprint density at radius 3 is 2.58 bits per heavy atom. The summed E-state index contributed by atoms with van der Waals surface area (Å²) in [7, 11) is 0. The highest BCUT2D eigenvalue weighted by Crippen LogP contribution is 2.38. The lowest BCUT2D eigenvalue weighted by atomic mass is 9.91. The first kappa shape index (κ1) is 16.8. The van der Waals surface area contributed by atoms with Gasteiger partial charge in [-0.05, 0) is 48.6 Å². The summed E-state index contributed by atoms with van der Waals surface area (Å²) in [5.41, 5.74) is 0.443. The van der Waals surface area contributed by atoms with Crippen LogP contribution in [0.3, 0.4) is 0 Å². The largest absolute Gasteiger partial charge is 0.454 e. The number of carbonyl (C=O) groups excluding carboxylic acids is 2. The lowest BCUT2D eigenvalue weighted by Crippen LogP contribution is -2.40.